The Balaban J connectivity index is 1.51. The van der Waals surface area contributed by atoms with Gasteiger partial charge in [-0.1, -0.05) is 0 Å². The van der Waals surface area contributed by atoms with Gasteiger partial charge in [0.15, 0.2) is 0 Å². The van der Waals surface area contributed by atoms with Gasteiger partial charge in [0.05, 0.1) is 49.4 Å². The third-order valence-electron chi connectivity index (χ3n) is 6.99. The number of hydrogen-bond acceptors (Lipinski definition) is 7. The Hall–Kier alpha value is -3.79. The molecule has 0 radical (unpaired) electrons. The van der Waals surface area contributed by atoms with Gasteiger partial charge in [-0.2, -0.15) is 5.10 Å². The van der Waals surface area contributed by atoms with Crippen molar-refractivity contribution in [2.24, 2.45) is 13.0 Å². The maximum atomic E-state index is 13.8. The van der Waals surface area contributed by atoms with Crippen LogP contribution in [0.2, 0.25) is 0 Å². The van der Waals surface area contributed by atoms with Crippen LogP contribution in [0.5, 0.6) is 11.5 Å². The van der Waals surface area contributed by atoms with Gasteiger partial charge in [-0.15, -0.1) is 0 Å². The summed E-state index contributed by atoms with van der Waals surface area (Å²) in [5.74, 6) is -1.68. The number of aliphatic hydroxyl groups is 1. The highest BCUT2D eigenvalue weighted by atomic mass is 19.3. The second kappa shape index (κ2) is 10.5. The molecule has 5 rings (SSSR count). The molecular formula is C28H31F2N5O3. The normalized spacial score (nSPS) is 17.5. The molecule has 0 aliphatic heterocycles. The molecule has 38 heavy (non-hydrogen) atoms. The number of hydrogen-bond donors (Lipinski definition) is 1. The Morgan fingerprint density at radius 3 is 2.47 bits per heavy atom. The average molecular weight is 524 g/mol. The molecule has 2 aromatic carbocycles. The number of benzene rings is 2. The summed E-state index contributed by atoms with van der Waals surface area (Å²) in [4.78, 5) is 11.3. The first-order chi connectivity index (χ1) is 18.2. The standard InChI is InChI=1S/C28H31F2N5O3/c1-34-16-19(14-32-34)27-15-31-25-5-4-20(11-26(25)33-27)35(21-9-23(37-2)12-24(10-21)38-3)17-22(36)8-18-6-7-28(29,30)13-18/h4-5,9-12,14-16,18,22,36H,6-8,13,17H2,1-3H3. The molecule has 1 aliphatic rings. The number of aliphatic hydroxyl groups excluding tert-OH is 1. The fourth-order valence-electron chi connectivity index (χ4n) is 5.08. The van der Waals surface area contributed by atoms with Crippen LogP contribution in [0.3, 0.4) is 0 Å². The first-order valence-corrected chi connectivity index (χ1v) is 12.6. The smallest absolute Gasteiger partial charge is 0.248 e. The summed E-state index contributed by atoms with van der Waals surface area (Å²) in [6.45, 7) is 0.194. The van der Waals surface area contributed by atoms with Gasteiger partial charge in [0.2, 0.25) is 5.92 Å². The SMILES string of the molecule is COc1cc(OC)cc(N(CC(O)CC2CCC(F)(F)C2)c2ccc3ncc(-c4cnn(C)c4)nc3c2)c1. The molecule has 4 aromatic rings. The number of halogens is 2. The molecule has 200 valence electrons. The van der Waals surface area contributed by atoms with Gasteiger partial charge in [0.25, 0.3) is 0 Å². The molecule has 10 heteroatoms. The molecule has 0 bridgehead atoms. The van der Waals surface area contributed by atoms with Crippen molar-refractivity contribution in [3.8, 4) is 22.8 Å². The highest BCUT2D eigenvalue weighted by molar-refractivity contribution is 5.82. The zero-order valence-corrected chi connectivity index (χ0v) is 21.6. The van der Waals surface area contributed by atoms with Crippen LogP contribution in [-0.4, -0.2) is 57.6 Å². The first kappa shape index (κ1) is 25.8. The summed E-state index contributed by atoms with van der Waals surface area (Å²) in [5, 5.41) is 15.3. The number of aromatic nitrogens is 4. The van der Waals surface area contributed by atoms with Crippen LogP contribution in [-0.2, 0) is 7.05 Å². The lowest BCUT2D eigenvalue weighted by Gasteiger charge is -2.29. The lowest BCUT2D eigenvalue weighted by Crippen LogP contribution is -2.30. The maximum absolute atomic E-state index is 13.8. The molecule has 8 nitrogen and oxygen atoms in total. The summed E-state index contributed by atoms with van der Waals surface area (Å²) in [7, 11) is 4.99. The summed E-state index contributed by atoms with van der Waals surface area (Å²) < 4.78 is 40.2. The van der Waals surface area contributed by atoms with Crippen molar-refractivity contribution < 1.29 is 23.4 Å². The molecule has 1 aliphatic carbocycles. The number of methoxy groups -OCH3 is 2. The molecule has 0 spiro atoms. The van der Waals surface area contributed by atoms with Gasteiger partial charge in [-0.25, -0.2) is 13.8 Å². The van der Waals surface area contributed by atoms with Gasteiger partial charge < -0.3 is 19.5 Å². The van der Waals surface area contributed by atoms with E-state index in [2.05, 4.69) is 10.1 Å². The van der Waals surface area contributed by atoms with Gasteiger partial charge in [-0.3, -0.25) is 9.67 Å². The molecule has 1 fully saturated rings. The second-order valence-electron chi connectivity index (χ2n) is 9.87. The monoisotopic (exact) mass is 523 g/mol. The molecule has 0 amide bonds. The van der Waals surface area contributed by atoms with Gasteiger partial charge in [0.1, 0.15) is 11.5 Å². The predicted octanol–water partition coefficient (Wildman–Crippen LogP) is 5.37. The summed E-state index contributed by atoms with van der Waals surface area (Å²) in [6, 6.07) is 11.2. The topological polar surface area (TPSA) is 85.5 Å². The summed E-state index contributed by atoms with van der Waals surface area (Å²) in [5.41, 5.74) is 4.44. The highest BCUT2D eigenvalue weighted by Crippen LogP contribution is 2.41. The number of alkyl halides is 2. The van der Waals surface area contributed by atoms with E-state index in [1.807, 2.05) is 48.5 Å². The zero-order valence-electron chi connectivity index (χ0n) is 21.6. The molecule has 2 unspecified atom stereocenters. The number of fused-ring (bicyclic) bond motifs is 1. The van der Waals surface area contributed by atoms with Crippen molar-refractivity contribution in [2.75, 3.05) is 25.7 Å². The maximum Gasteiger partial charge on any atom is 0.248 e. The predicted molar refractivity (Wildman–Crippen MR) is 141 cm³/mol. The minimum atomic E-state index is -2.65. The zero-order chi connectivity index (χ0) is 26.9. The van der Waals surface area contributed by atoms with Crippen molar-refractivity contribution in [3.63, 3.8) is 0 Å². The number of aryl methyl sites for hydroxylation is 1. The Bertz CT molecular complexity index is 1400. The van der Waals surface area contributed by atoms with Crippen molar-refractivity contribution in [1.29, 1.82) is 0 Å². The first-order valence-electron chi connectivity index (χ1n) is 12.6. The van der Waals surface area contributed by atoms with Crippen LogP contribution in [0, 0.1) is 5.92 Å². The number of ether oxygens (including phenoxy) is 2. The van der Waals surface area contributed by atoms with Crippen LogP contribution < -0.4 is 14.4 Å². The largest absolute Gasteiger partial charge is 0.497 e. The summed E-state index contributed by atoms with van der Waals surface area (Å²) >= 11 is 0. The Kier molecular flexibility index (Phi) is 7.16. The molecule has 2 aromatic heterocycles. The van der Waals surface area contributed by atoms with Crippen molar-refractivity contribution in [3.05, 3.63) is 55.0 Å². The van der Waals surface area contributed by atoms with Crippen LogP contribution >= 0.6 is 0 Å². The lowest BCUT2D eigenvalue weighted by atomic mass is 9.99. The molecule has 0 saturated heterocycles. The van der Waals surface area contributed by atoms with Crippen molar-refractivity contribution in [2.45, 2.75) is 37.7 Å². The average Bonchev–Trinajstić information content (AvgIpc) is 3.50. The second-order valence-corrected chi connectivity index (χ2v) is 9.87. The van der Waals surface area contributed by atoms with E-state index in [-0.39, 0.29) is 25.3 Å². The number of rotatable bonds is 9. The molecular weight excluding hydrogens is 492 g/mol. The quantitative estimate of drug-likeness (QED) is 0.316. The number of anilines is 2. The van der Waals surface area contributed by atoms with Crippen molar-refractivity contribution >= 4 is 22.4 Å². The minimum absolute atomic E-state index is 0.121. The highest BCUT2D eigenvalue weighted by Gasteiger charge is 2.40. The summed E-state index contributed by atoms with van der Waals surface area (Å²) in [6.07, 6.45) is 4.91. The van der Waals surface area contributed by atoms with Gasteiger partial charge in [0, 0.05) is 67.8 Å². The lowest BCUT2D eigenvalue weighted by molar-refractivity contribution is 0.00279. The van der Waals surface area contributed by atoms with E-state index in [0.29, 0.717) is 35.6 Å². The van der Waals surface area contributed by atoms with Gasteiger partial charge in [-0.05, 0) is 37.0 Å². The fraction of sp³-hybridized carbons (Fsp3) is 0.393. The Morgan fingerprint density at radius 2 is 1.84 bits per heavy atom. The Morgan fingerprint density at radius 1 is 1.08 bits per heavy atom. The van der Waals surface area contributed by atoms with E-state index in [1.54, 1.807) is 37.4 Å². The minimum Gasteiger partial charge on any atom is -0.497 e. The van der Waals surface area contributed by atoms with E-state index in [4.69, 9.17) is 14.5 Å². The van der Waals surface area contributed by atoms with Crippen LogP contribution in [0.25, 0.3) is 22.3 Å². The fourth-order valence-corrected chi connectivity index (χ4v) is 5.08. The van der Waals surface area contributed by atoms with E-state index in [0.717, 1.165) is 22.5 Å². The molecule has 2 heterocycles. The van der Waals surface area contributed by atoms with Crippen LogP contribution in [0.15, 0.2) is 55.0 Å². The third kappa shape index (κ3) is 5.70. The molecule has 1 saturated carbocycles. The van der Waals surface area contributed by atoms with E-state index in [1.165, 1.54) is 0 Å². The van der Waals surface area contributed by atoms with E-state index >= 15 is 0 Å². The molecule has 1 N–H and O–H groups in total. The number of nitrogens with zero attached hydrogens (tertiary/aromatic N) is 5. The Labute approximate surface area is 219 Å². The van der Waals surface area contributed by atoms with E-state index < -0.39 is 12.0 Å². The van der Waals surface area contributed by atoms with Crippen LogP contribution in [0.1, 0.15) is 25.7 Å². The van der Waals surface area contributed by atoms with Crippen molar-refractivity contribution in [1.82, 2.24) is 19.7 Å². The van der Waals surface area contributed by atoms with E-state index in [9.17, 15) is 13.9 Å². The molecule has 2 atom stereocenters. The van der Waals surface area contributed by atoms with Gasteiger partial charge >= 0.3 is 0 Å². The van der Waals surface area contributed by atoms with Crippen LogP contribution in [0.4, 0.5) is 20.2 Å². The third-order valence-corrected chi connectivity index (χ3v) is 6.99.